The van der Waals surface area contributed by atoms with Gasteiger partial charge < -0.3 is 32.7 Å². The van der Waals surface area contributed by atoms with E-state index in [-0.39, 0.29) is 23.6 Å². The zero-order valence-corrected chi connectivity index (χ0v) is 17.0. The Balaban J connectivity index is 2.28. The lowest BCUT2D eigenvalue weighted by molar-refractivity contribution is -0.133. The predicted octanol–water partition coefficient (Wildman–Crippen LogP) is -1.75. The number of carbonyl (C=O) groups is 4. The second-order valence-corrected chi connectivity index (χ2v) is 7.07. The van der Waals surface area contributed by atoms with Gasteiger partial charge in [-0.05, 0) is 37.8 Å². The van der Waals surface area contributed by atoms with Crippen molar-refractivity contribution in [2.75, 3.05) is 17.2 Å². The molecule has 0 saturated carbocycles. The van der Waals surface area contributed by atoms with Gasteiger partial charge in [0.25, 0.3) is 0 Å². The molecule has 1 aromatic heterocycles. The van der Waals surface area contributed by atoms with Gasteiger partial charge in [-0.3, -0.25) is 19.2 Å². The lowest BCUT2D eigenvalue weighted by Crippen LogP contribution is -2.55. The molecule has 0 saturated heterocycles. The Bertz CT molecular complexity index is 822. The molecule has 4 amide bonds. The second-order valence-electron chi connectivity index (χ2n) is 6.74. The second kappa shape index (κ2) is 10.5. The van der Waals surface area contributed by atoms with Crippen LogP contribution in [0.15, 0.2) is 0 Å². The maximum atomic E-state index is 12.6. The number of hydrogen-bond donors (Lipinski definition) is 6. The molecule has 0 spiro atoms. The van der Waals surface area contributed by atoms with Crippen molar-refractivity contribution >= 4 is 47.1 Å². The molecule has 2 heterocycles. The van der Waals surface area contributed by atoms with Gasteiger partial charge in [-0.15, -0.1) is 0 Å². The van der Waals surface area contributed by atoms with Crippen LogP contribution in [0.5, 0.6) is 0 Å². The lowest BCUT2D eigenvalue weighted by Gasteiger charge is -2.23. The van der Waals surface area contributed by atoms with Crippen LogP contribution in [-0.2, 0) is 19.2 Å². The number of nitrogens with one attached hydrogen (secondary N) is 4. The number of amides is 4. The van der Waals surface area contributed by atoms with Crippen molar-refractivity contribution < 1.29 is 19.2 Å². The Hall–Kier alpha value is -3.22. The molecule has 164 valence electrons. The average Bonchev–Trinajstić information content (AvgIpc) is 2.64. The third kappa shape index (κ3) is 6.99. The van der Waals surface area contributed by atoms with E-state index in [2.05, 4.69) is 36.2 Å². The van der Waals surface area contributed by atoms with Crippen molar-refractivity contribution in [1.29, 1.82) is 0 Å². The smallest absolute Gasteiger partial charge is 0.243 e. The molecule has 1 aliphatic rings. The number of hydrogen-bond acceptors (Lipinski definition) is 9. The summed E-state index contributed by atoms with van der Waals surface area (Å²) >= 11 is 5.90. The summed E-state index contributed by atoms with van der Waals surface area (Å²) in [5.41, 5.74) is 10.6. The van der Waals surface area contributed by atoms with Crippen molar-refractivity contribution in [3.8, 4) is 0 Å². The SMILES string of the molecule is C[C@@H]1Nc2nc(Cl)nc(n2)NCCCC[C@H](C(N)=O)NC(=O)[C@H](CC(N)=O)NC1=O. The third-order valence-electron chi connectivity index (χ3n) is 4.25. The summed E-state index contributed by atoms with van der Waals surface area (Å²) in [6, 6.07) is -3.15. The van der Waals surface area contributed by atoms with Crippen LogP contribution < -0.4 is 32.7 Å². The Morgan fingerprint density at radius 1 is 1.03 bits per heavy atom. The fourth-order valence-electron chi connectivity index (χ4n) is 2.69. The van der Waals surface area contributed by atoms with Crippen LogP contribution in [0.3, 0.4) is 0 Å². The van der Waals surface area contributed by atoms with Crippen molar-refractivity contribution in [2.45, 2.75) is 50.7 Å². The van der Waals surface area contributed by atoms with E-state index < -0.39 is 48.2 Å². The zero-order chi connectivity index (χ0) is 22.3. The van der Waals surface area contributed by atoms with Crippen molar-refractivity contribution in [1.82, 2.24) is 25.6 Å². The summed E-state index contributed by atoms with van der Waals surface area (Å²) in [4.78, 5) is 60.2. The van der Waals surface area contributed by atoms with Gasteiger partial charge in [0.15, 0.2) is 0 Å². The minimum atomic E-state index is -1.28. The van der Waals surface area contributed by atoms with E-state index in [1.807, 2.05) is 0 Å². The Labute approximate surface area is 177 Å². The Kier molecular flexibility index (Phi) is 8.09. The number of primary amides is 2. The average molecular weight is 442 g/mol. The van der Waals surface area contributed by atoms with Crippen LogP contribution in [0.25, 0.3) is 0 Å². The maximum Gasteiger partial charge on any atom is 0.243 e. The van der Waals surface area contributed by atoms with Gasteiger partial charge in [0.2, 0.25) is 40.8 Å². The highest BCUT2D eigenvalue weighted by molar-refractivity contribution is 6.28. The van der Waals surface area contributed by atoms with Gasteiger partial charge >= 0.3 is 0 Å². The summed E-state index contributed by atoms with van der Waals surface area (Å²) < 4.78 is 0. The van der Waals surface area contributed by atoms with Crippen LogP contribution in [0.4, 0.5) is 11.9 Å². The van der Waals surface area contributed by atoms with Gasteiger partial charge in [0, 0.05) is 6.54 Å². The van der Waals surface area contributed by atoms with Crippen LogP contribution in [0.1, 0.15) is 32.6 Å². The van der Waals surface area contributed by atoms with E-state index in [4.69, 9.17) is 23.1 Å². The summed E-state index contributed by atoms with van der Waals surface area (Å²) in [5, 5.41) is 10.5. The maximum absolute atomic E-state index is 12.6. The van der Waals surface area contributed by atoms with E-state index in [9.17, 15) is 19.2 Å². The molecular formula is C16H24ClN9O4. The fraction of sp³-hybridized carbons (Fsp3) is 0.562. The molecule has 0 radical (unpaired) electrons. The molecule has 0 aromatic carbocycles. The molecule has 8 N–H and O–H groups in total. The van der Waals surface area contributed by atoms with Gasteiger partial charge in [-0.2, -0.15) is 15.0 Å². The summed E-state index contributed by atoms with van der Waals surface area (Å²) in [6.45, 7) is 1.95. The number of rotatable bonds is 3. The molecule has 1 aliphatic heterocycles. The van der Waals surface area contributed by atoms with Crippen molar-refractivity contribution in [3.05, 3.63) is 5.28 Å². The van der Waals surface area contributed by atoms with Gasteiger partial charge in [0.05, 0.1) is 6.42 Å². The first kappa shape index (κ1) is 23.1. The predicted molar refractivity (Wildman–Crippen MR) is 107 cm³/mol. The molecule has 0 aliphatic carbocycles. The van der Waals surface area contributed by atoms with E-state index in [0.717, 1.165) is 0 Å². The van der Waals surface area contributed by atoms with Crippen LogP contribution in [-0.4, -0.2) is 63.3 Å². The summed E-state index contributed by atoms with van der Waals surface area (Å²) in [6.07, 6.45) is 0.959. The molecule has 1 aromatic rings. The van der Waals surface area contributed by atoms with Gasteiger partial charge in [0.1, 0.15) is 18.1 Å². The highest BCUT2D eigenvalue weighted by Crippen LogP contribution is 2.12. The highest BCUT2D eigenvalue weighted by atomic mass is 35.5. The van der Waals surface area contributed by atoms with Gasteiger partial charge in [-0.1, -0.05) is 0 Å². The molecule has 14 heteroatoms. The first-order chi connectivity index (χ1) is 14.2. The number of halogens is 1. The van der Waals surface area contributed by atoms with E-state index in [1.54, 1.807) is 0 Å². The van der Waals surface area contributed by atoms with E-state index in [0.29, 0.717) is 19.4 Å². The molecule has 2 rings (SSSR count). The van der Waals surface area contributed by atoms with Crippen LogP contribution >= 0.6 is 11.6 Å². The zero-order valence-electron chi connectivity index (χ0n) is 16.3. The lowest BCUT2D eigenvalue weighted by atomic mass is 10.1. The number of anilines is 2. The fourth-order valence-corrected chi connectivity index (χ4v) is 2.85. The molecule has 0 fully saturated rings. The largest absolute Gasteiger partial charge is 0.370 e. The normalized spacial score (nSPS) is 23.3. The van der Waals surface area contributed by atoms with Crippen molar-refractivity contribution in [3.63, 3.8) is 0 Å². The number of fused-ring (bicyclic) bond motifs is 2. The van der Waals surface area contributed by atoms with Gasteiger partial charge in [-0.25, -0.2) is 0 Å². The first-order valence-corrected chi connectivity index (χ1v) is 9.64. The topological polar surface area (TPSA) is 207 Å². The minimum Gasteiger partial charge on any atom is -0.370 e. The standard InChI is InChI=1S/C16H24ClN9O4/c1-7-12(29)23-9(6-10(18)27)13(30)22-8(11(19)28)4-2-3-5-20-15-24-14(17)25-16(21-7)26-15/h7-9H,2-6H2,1H3,(H2,18,27)(H2,19,28)(H,22,30)(H,23,29)(H2,20,21,24,25,26)/t7-,8+,9-/m0/s1. The first-order valence-electron chi connectivity index (χ1n) is 9.26. The molecule has 3 atom stereocenters. The number of nitrogens with two attached hydrogens (primary N) is 2. The van der Waals surface area contributed by atoms with Crippen LogP contribution in [0, 0.1) is 0 Å². The monoisotopic (exact) mass is 441 g/mol. The molecule has 0 unspecified atom stereocenters. The summed E-state index contributed by atoms with van der Waals surface area (Å²) in [5.74, 6) is -2.65. The quantitative estimate of drug-likeness (QED) is 0.314. The van der Waals surface area contributed by atoms with Crippen molar-refractivity contribution in [2.24, 2.45) is 11.5 Å². The number of aromatic nitrogens is 3. The highest BCUT2D eigenvalue weighted by Gasteiger charge is 2.28. The molecule has 13 nitrogen and oxygen atoms in total. The Morgan fingerprint density at radius 2 is 1.73 bits per heavy atom. The van der Waals surface area contributed by atoms with E-state index >= 15 is 0 Å². The molecule has 30 heavy (non-hydrogen) atoms. The van der Waals surface area contributed by atoms with E-state index in [1.165, 1.54) is 6.92 Å². The summed E-state index contributed by atoms with van der Waals surface area (Å²) in [7, 11) is 0. The van der Waals surface area contributed by atoms with Crippen LogP contribution in [0.2, 0.25) is 5.28 Å². The third-order valence-corrected chi connectivity index (χ3v) is 4.42. The number of nitrogens with zero attached hydrogens (tertiary/aromatic N) is 3. The Morgan fingerprint density at radius 3 is 2.40 bits per heavy atom. The minimum absolute atomic E-state index is 0.0527. The number of carbonyl (C=O) groups excluding carboxylic acids is 4. The molecular weight excluding hydrogens is 418 g/mol. The molecule has 2 bridgehead atoms.